The Morgan fingerprint density at radius 2 is 1.96 bits per heavy atom. The van der Waals surface area contributed by atoms with Gasteiger partial charge in [-0.3, -0.25) is 4.68 Å². The largest absolute Gasteiger partial charge is 0.476 e. The third-order valence-electron chi connectivity index (χ3n) is 3.39. The van der Waals surface area contributed by atoms with Crippen LogP contribution in [0.1, 0.15) is 21.6 Å². The molecule has 0 spiro atoms. The van der Waals surface area contributed by atoms with E-state index in [0.29, 0.717) is 12.3 Å². The summed E-state index contributed by atoms with van der Waals surface area (Å²) in [5, 5.41) is 13.7. The fraction of sp³-hybridized carbons (Fsp3) is 0.111. The molecule has 0 saturated carbocycles. The Kier molecular flexibility index (Phi) is 4.10. The van der Waals surface area contributed by atoms with Gasteiger partial charge in [-0.15, -0.1) is 0 Å². The summed E-state index contributed by atoms with van der Waals surface area (Å²) in [5.74, 6) is -0.262. The van der Waals surface area contributed by atoms with Crippen molar-refractivity contribution in [3.05, 3.63) is 77.6 Å². The molecule has 0 atom stereocenters. The summed E-state index contributed by atoms with van der Waals surface area (Å²) in [6.07, 6.45) is 1.44. The molecule has 116 valence electrons. The molecule has 3 rings (SSSR count). The smallest absolute Gasteiger partial charge is 0.358 e. The van der Waals surface area contributed by atoms with Crippen molar-refractivity contribution in [1.82, 2.24) is 9.78 Å². The molecule has 0 aliphatic rings. The predicted molar refractivity (Wildman–Crippen MR) is 86.0 cm³/mol. The fourth-order valence-corrected chi connectivity index (χ4v) is 2.38. The Hall–Kier alpha value is -3.08. The molecule has 0 aliphatic carbocycles. The molecule has 0 aliphatic heterocycles. The highest BCUT2D eigenvalue weighted by molar-refractivity contribution is 5.89. The second-order valence-corrected chi connectivity index (χ2v) is 5.22. The fourth-order valence-electron chi connectivity index (χ4n) is 2.38. The molecule has 5 nitrogen and oxygen atoms in total. The van der Waals surface area contributed by atoms with Gasteiger partial charge in [-0.1, -0.05) is 48.0 Å². The van der Waals surface area contributed by atoms with Crippen LogP contribution in [0, 0.1) is 6.92 Å². The second-order valence-electron chi connectivity index (χ2n) is 5.22. The van der Waals surface area contributed by atoms with Gasteiger partial charge in [0.15, 0.2) is 11.4 Å². The Bertz CT molecular complexity index is 825. The van der Waals surface area contributed by atoms with Crippen molar-refractivity contribution in [2.24, 2.45) is 0 Å². The van der Waals surface area contributed by atoms with Crippen LogP contribution < -0.4 is 4.74 Å². The van der Waals surface area contributed by atoms with E-state index < -0.39 is 5.97 Å². The zero-order valence-electron chi connectivity index (χ0n) is 12.6. The number of carbonyl (C=O) groups is 1. The van der Waals surface area contributed by atoms with Gasteiger partial charge in [0.1, 0.15) is 5.75 Å². The minimum Gasteiger partial charge on any atom is -0.476 e. The zero-order valence-corrected chi connectivity index (χ0v) is 12.6. The Labute approximate surface area is 133 Å². The minimum absolute atomic E-state index is 0.0374. The average molecular weight is 308 g/mol. The number of hydrogen-bond donors (Lipinski definition) is 1. The van der Waals surface area contributed by atoms with Crippen LogP contribution in [0.25, 0.3) is 0 Å². The van der Waals surface area contributed by atoms with Crippen molar-refractivity contribution in [3.8, 4) is 11.5 Å². The van der Waals surface area contributed by atoms with E-state index in [1.54, 1.807) is 12.1 Å². The molecule has 0 fully saturated rings. The maximum atomic E-state index is 11.6. The van der Waals surface area contributed by atoms with Gasteiger partial charge in [0.05, 0.1) is 12.7 Å². The number of carboxylic acid groups (broad SMARTS) is 1. The maximum absolute atomic E-state index is 11.6. The minimum atomic E-state index is -1.07. The van der Waals surface area contributed by atoms with Crippen molar-refractivity contribution < 1.29 is 14.6 Å². The van der Waals surface area contributed by atoms with Crippen LogP contribution in [0.3, 0.4) is 0 Å². The first-order chi connectivity index (χ1) is 11.1. The van der Waals surface area contributed by atoms with Gasteiger partial charge in [0.25, 0.3) is 0 Å². The molecule has 1 aromatic heterocycles. The Morgan fingerprint density at radius 1 is 1.17 bits per heavy atom. The van der Waals surface area contributed by atoms with Crippen molar-refractivity contribution >= 4 is 5.97 Å². The van der Waals surface area contributed by atoms with E-state index in [2.05, 4.69) is 5.10 Å². The van der Waals surface area contributed by atoms with E-state index in [1.165, 1.54) is 10.9 Å². The Balaban J connectivity index is 1.91. The summed E-state index contributed by atoms with van der Waals surface area (Å²) in [5.41, 5.74) is 2.14. The summed E-state index contributed by atoms with van der Waals surface area (Å²) >= 11 is 0. The molecular formula is C18H16N2O3. The number of carboxylic acids is 1. The van der Waals surface area contributed by atoms with E-state index in [4.69, 9.17) is 4.74 Å². The number of nitrogens with zero attached hydrogens (tertiary/aromatic N) is 2. The summed E-state index contributed by atoms with van der Waals surface area (Å²) in [4.78, 5) is 11.6. The molecular weight excluding hydrogens is 292 g/mol. The SMILES string of the molecule is Cc1cccc(Cn2ncc(Oc3ccccc3)c2C(=O)O)c1. The molecule has 0 unspecified atom stereocenters. The van der Waals surface area contributed by atoms with E-state index in [1.807, 2.05) is 49.4 Å². The number of hydrogen-bond acceptors (Lipinski definition) is 3. The molecule has 5 heteroatoms. The van der Waals surface area contributed by atoms with Crippen molar-refractivity contribution in [3.63, 3.8) is 0 Å². The van der Waals surface area contributed by atoms with E-state index >= 15 is 0 Å². The average Bonchev–Trinajstić information content (AvgIpc) is 2.91. The molecule has 1 heterocycles. The summed E-state index contributed by atoms with van der Waals surface area (Å²) in [6.45, 7) is 2.37. The number of aryl methyl sites for hydroxylation is 1. The summed E-state index contributed by atoms with van der Waals surface area (Å²) in [6, 6.07) is 16.9. The number of benzene rings is 2. The highest BCUT2D eigenvalue weighted by atomic mass is 16.5. The summed E-state index contributed by atoms with van der Waals surface area (Å²) < 4.78 is 7.09. The second kappa shape index (κ2) is 6.36. The van der Waals surface area contributed by atoms with Gasteiger partial charge in [-0.2, -0.15) is 5.10 Å². The molecule has 0 saturated heterocycles. The van der Waals surface area contributed by atoms with Crippen LogP contribution in [0.2, 0.25) is 0 Å². The maximum Gasteiger partial charge on any atom is 0.358 e. The van der Waals surface area contributed by atoms with Gasteiger partial charge in [0, 0.05) is 0 Å². The lowest BCUT2D eigenvalue weighted by Crippen LogP contribution is -2.11. The van der Waals surface area contributed by atoms with Crippen molar-refractivity contribution in [2.45, 2.75) is 13.5 Å². The topological polar surface area (TPSA) is 64.4 Å². The van der Waals surface area contributed by atoms with E-state index in [-0.39, 0.29) is 11.4 Å². The lowest BCUT2D eigenvalue weighted by Gasteiger charge is -2.08. The van der Waals surface area contributed by atoms with Crippen LogP contribution >= 0.6 is 0 Å². The van der Waals surface area contributed by atoms with Crippen LogP contribution in [0.5, 0.6) is 11.5 Å². The lowest BCUT2D eigenvalue weighted by atomic mass is 10.1. The first-order valence-electron chi connectivity index (χ1n) is 7.21. The molecule has 0 radical (unpaired) electrons. The van der Waals surface area contributed by atoms with Gasteiger partial charge in [-0.25, -0.2) is 4.79 Å². The normalized spacial score (nSPS) is 10.5. The standard InChI is InChI=1S/C18H16N2O3/c1-13-6-5-7-14(10-13)12-20-17(18(21)22)16(11-19-20)23-15-8-3-2-4-9-15/h2-11H,12H2,1H3,(H,21,22). The van der Waals surface area contributed by atoms with Gasteiger partial charge < -0.3 is 9.84 Å². The third kappa shape index (κ3) is 3.40. The van der Waals surface area contributed by atoms with E-state index in [0.717, 1.165) is 11.1 Å². The van der Waals surface area contributed by atoms with Crippen LogP contribution in [0.15, 0.2) is 60.8 Å². The number of ether oxygens (including phenoxy) is 1. The molecule has 0 bridgehead atoms. The van der Waals surface area contributed by atoms with Gasteiger partial charge in [-0.05, 0) is 24.6 Å². The highest BCUT2D eigenvalue weighted by Gasteiger charge is 2.20. The van der Waals surface area contributed by atoms with Gasteiger partial charge >= 0.3 is 5.97 Å². The zero-order chi connectivity index (χ0) is 16.2. The first kappa shape index (κ1) is 14.8. The van der Waals surface area contributed by atoms with Crippen LogP contribution in [-0.4, -0.2) is 20.9 Å². The molecule has 1 N–H and O–H groups in total. The first-order valence-corrected chi connectivity index (χ1v) is 7.21. The molecule has 2 aromatic carbocycles. The third-order valence-corrected chi connectivity index (χ3v) is 3.39. The molecule has 3 aromatic rings. The van der Waals surface area contributed by atoms with Gasteiger partial charge in [0.2, 0.25) is 0 Å². The monoisotopic (exact) mass is 308 g/mol. The summed E-state index contributed by atoms with van der Waals surface area (Å²) in [7, 11) is 0. The highest BCUT2D eigenvalue weighted by Crippen LogP contribution is 2.25. The van der Waals surface area contributed by atoms with Crippen molar-refractivity contribution in [1.29, 1.82) is 0 Å². The number of rotatable bonds is 5. The number of para-hydroxylation sites is 1. The number of aromatic carboxylic acids is 1. The Morgan fingerprint density at radius 3 is 2.65 bits per heavy atom. The molecule has 23 heavy (non-hydrogen) atoms. The molecule has 0 amide bonds. The van der Waals surface area contributed by atoms with Crippen molar-refractivity contribution in [2.75, 3.05) is 0 Å². The quantitative estimate of drug-likeness (QED) is 0.780. The van der Waals surface area contributed by atoms with E-state index in [9.17, 15) is 9.90 Å². The van der Waals surface area contributed by atoms with Crippen LogP contribution in [0.4, 0.5) is 0 Å². The lowest BCUT2D eigenvalue weighted by molar-refractivity contribution is 0.0681. The van der Waals surface area contributed by atoms with Crippen LogP contribution in [-0.2, 0) is 6.54 Å². The predicted octanol–water partition coefficient (Wildman–Crippen LogP) is 3.73. The number of aromatic nitrogens is 2.